The molecule has 0 amide bonds. The van der Waals surface area contributed by atoms with Gasteiger partial charge in [0.2, 0.25) is 0 Å². The molecule has 0 aromatic heterocycles. The SMILES string of the molecule is C=Cc1nc2ccc(=O)cc-2oc1C=C.CC.CC. The van der Waals surface area contributed by atoms with Crippen molar-refractivity contribution in [2.75, 3.05) is 0 Å². The van der Waals surface area contributed by atoms with E-state index in [0.717, 1.165) is 0 Å². The Kier molecular flexibility index (Phi) is 7.85. The van der Waals surface area contributed by atoms with E-state index in [1.165, 1.54) is 12.1 Å². The molecule has 0 atom stereocenters. The van der Waals surface area contributed by atoms with Crippen molar-refractivity contribution in [2.45, 2.75) is 27.7 Å². The van der Waals surface area contributed by atoms with Crippen LogP contribution in [0.1, 0.15) is 39.1 Å². The molecular formula is C16H21NO2. The minimum atomic E-state index is -0.102. The first-order valence-electron chi connectivity index (χ1n) is 6.44. The molecule has 19 heavy (non-hydrogen) atoms. The van der Waals surface area contributed by atoms with Crippen molar-refractivity contribution in [3.05, 3.63) is 53.0 Å². The standard InChI is InChI=1S/C12H9NO2.2C2H6/c1-3-9-11(4-2)15-12-7-8(14)5-6-10(12)13-9;2*1-2/h3-7H,1-2H2;2*1-2H3. The first kappa shape index (κ1) is 16.8. The van der Waals surface area contributed by atoms with Crippen LogP contribution in [-0.2, 0) is 0 Å². The Hall–Kier alpha value is -2.16. The molecule has 3 heteroatoms. The van der Waals surface area contributed by atoms with Gasteiger partial charge in [0.15, 0.2) is 16.9 Å². The van der Waals surface area contributed by atoms with E-state index in [4.69, 9.17) is 4.42 Å². The summed E-state index contributed by atoms with van der Waals surface area (Å²) in [5, 5.41) is 0. The third kappa shape index (κ3) is 4.21. The number of aromatic nitrogens is 1. The Labute approximate surface area is 114 Å². The Balaban J connectivity index is 0.000000741. The summed E-state index contributed by atoms with van der Waals surface area (Å²) in [6.45, 7) is 15.2. The van der Waals surface area contributed by atoms with Crippen molar-refractivity contribution in [3.8, 4) is 11.5 Å². The number of rotatable bonds is 2. The molecule has 0 saturated carbocycles. The maximum atomic E-state index is 11.1. The molecule has 0 aromatic carbocycles. The molecule has 0 aromatic rings. The fourth-order valence-corrected chi connectivity index (χ4v) is 1.32. The van der Waals surface area contributed by atoms with E-state index in [1.807, 2.05) is 27.7 Å². The summed E-state index contributed by atoms with van der Waals surface area (Å²) in [5.74, 6) is 0.978. The third-order valence-electron chi connectivity index (χ3n) is 2.02. The predicted molar refractivity (Wildman–Crippen MR) is 82.3 cm³/mol. The van der Waals surface area contributed by atoms with Crippen molar-refractivity contribution >= 4 is 12.2 Å². The first-order valence-corrected chi connectivity index (χ1v) is 6.44. The van der Waals surface area contributed by atoms with Crippen LogP contribution < -0.4 is 5.43 Å². The summed E-state index contributed by atoms with van der Waals surface area (Å²) in [7, 11) is 0. The normalized spacial score (nSPS) is 8.63. The van der Waals surface area contributed by atoms with E-state index in [9.17, 15) is 4.79 Å². The van der Waals surface area contributed by atoms with E-state index in [-0.39, 0.29) is 5.43 Å². The van der Waals surface area contributed by atoms with Gasteiger partial charge >= 0.3 is 0 Å². The van der Waals surface area contributed by atoms with Crippen LogP contribution in [0.2, 0.25) is 0 Å². The molecule has 0 radical (unpaired) electrons. The largest absolute Gasteiger partial charge is 0.453 e. The molecule has 0 unspecified atom stereocenters. The average Bonchev–Trinajstić information content (AvgIpc) is 2.49. The average molecular weight is 259 g/mol. The molecule has 0 N–H and O–H groups in total. The lowest BCUT2D eigenvalue weighted by Gasteiger charge is -2.06. The number of benzene rings is 1. The number of fused-ring (bicyclic) bond motifs is 1. The number of hydrogen-bond acceptors (Lipinski definition) is 3. The van der Waals surface area contributed by atoms with Gasteiger partial charge in [0.1, 0.15) is 11.4 Å². The van der Waals surface area contributed by atoms with Gasteiger partial charge in [-0.2, -0.15) is 0 Å². The molecule has 102 valence electrons. The van der Waals surface area contributed by atoms with Gasteiger partial charge in [0.25, 0.3) is 0 Å². The Morgan fingerprint density at radius 1 is 1.11 bits per heavy atom. The maximum Gasteiger partial charge on any atom is 0.182 e. The van der Waals surface area contributed by atoms with Gasteiger partial charge < -0.3 is 4.42 Å². The highest BCUT2D eigenvalue weighted by Crippen LogP contribution is 2.22. The molecule has 2 rings (SSSR count). The second-order valence-electron chi connectivity index (χ2n) is 3.00. The molecule has 0 spiro atoms. The predicted octanol–water partition coefficient (Wildman–Crippen LogP) is 4.48. The van der Waals surface area contributed by atoms with Gasteiger partial charge in [-0.1, -0.05) is 40.9 Å². The summed E-state index contributed by atoms with van der Waals surface area (Å²) >= 11 is 0. The van der Waals surface area contributed by atoms with Crippen LogP contribution in [0.5, 0.6) is 0 Å². The van der Waals surface area contributed by atoms with Gasteiger partial charge in [-0.05, 0) is 24.3 Å². The van der Waals surface area contributed by atoms with Crippen LogP contribution >= 0.6 is 0 Å². The number of nitrogens with zero attached hydrogens (tertiary/aromatic N) is 1. The molecule has 1 heterocycles. The lowest BCUT2D eigenvalue weighted by Crippen LogP contribution is -2.01. The van der Waals surface area contributed by atoms with Gasteiger partial charge in [-0.3, -0.25) is 4.79 Å². The highest BCUT2D eigenvalue weighted by Gasteiger charge is 2.10. The zero-order valence-electron chi connectivity index (χ0n) is 12.1. The van der Waals surface area contributed by atoms with Gasteiger partial charge in [0, 0.05) is 6.07 Å². The summed E-state index contributed by atoms with van der Waals surface area (Å²) in [4.78, 5) is 15.4. The number of hydrogen-bond donors (Lipinski definition) is 0. The van der Waals surface area contributed by atoms with Crippen molar-refractivity contribution in [3.63, 3.8) is 0 Å². The third-order valence-corrected chi connectivity index (χ3v) is 2.02. The molecule has 2 aliphatic rings. The molecule has 3 nitrogen and oxygen atoms in total. The smallest absolute Gasteiger partial charge is 0.182 e. The molecule has 1 aliphatic carbocycles. The van der Waals surface area contributed by atoms with Crippen LogP contribution in [-0.4, -0.2) is 4.98 Å². The Bertz CT molecular complexity index is 555. The maximum absolute atomic E-state index is 11.1. The summed E-state index contributed by atoms with van der Waals surface area (Å²) in [6, 6.07) is 4.48. The van der Waals surface area contributed by atoms with Crippen LogP contribution in [0.3, 0.4) is 0 Å². The second kappa shape index (κ2) is 8.86. The minimum absolute atomic E-state index is 0.102. The Morgan fingerprint density at radius 3 is 2.26 bits per heavy atom. The van der Waals surface area contributed by atoms with Crippen LogP contribution in [0.15, 0.2) is 40.6 Å². The summed E-state index contributed by atoms with van der Waals surface area (Å²) < 4.78 is 5.46. The highest BCUT2D eigenvalue weighted by atomic mass is 16.3. The second-order valence-corrected chi connectivity index (χ2v) is 3.00. The lowest BCUT2D eigenvalue weighted by molar-refractivity contribution is 0.543. The minimum Gasteiger partial charge on any atom is -0.453 e. The summed E-state index contributed by atoms with van der Waals surface area (Å²) in [6.07, 6.45) is 3.13. The van der Waals surface area contributed by atoms with Crippen LogP contribution in [0.25, 0.3) is 23.6 Å². The topological polar surface area (TPSA) is 43.1 Å². The molecule has 1 aliphatic heterocycles. The van der Waals surface area contributed by atoms with E-state index in [2.05, 4.69) is 18.1 Å². The fourth-order valence-electron chi connectivity index (χ4n) is 1.32. The van der Waals surface area contributed by atoms with Crippen LogP contribution in [0, 0.1) is 0 Å². The fraction of sp³-hybridized carbons (Fsp3) is 0.250. The van der Waals surface area contributed by atoms with Gasteiger partial charge in [-0.25, -0.2) is 4.98 Å². The quantitative estimate of drug-likeness (QED) is 0.798. The van der Waals surface area contributed by atoms with Crippen molar-refractivity contribution in [2.24, 2.45) is 0 Å². The Morgan fingerprint density at radius 2 is 1.74 bits per heavy atom. The van der Waals surface area contributed by atoms with E-state index < -0.39 is 0 Å². The van der Waals surface area contributed by atoms with Crippen molar-refractivity contribution in [1.29, 1.82) is 0 Å². The highest BCUT2D eigenvalue weighted by molar-refractivity contribution is 5.62. The van der Waals surface area contributed by atoms with Crippen LogP contribution in [0.4, 0.5) is 0 Å². The lowest BCUT2D eigenvalue weighted by atomic mass is 10.2. The van der Waals surface area contributed by atoms with Crippen molar-refractivity contribution < 1.29 is 4.42 Å². The van der Waals surface area contributed by atoms with E-state index in [0.29, 0.717) is 22.9 Å². The first-order chi connectivity index (χ1) is 9.24. The van der Waals surface area contributed by atoms with E-state index in [1.54, 1.807) is 18.2 Å². The van der Waals surface area contributed by atoms with Gasteiger partial charge in [-0.15, -0.1) is 0 Å². The summed E-state index contributed by atoms with van der Waals surface area (Å²) in [5.41, 5.74) is 1.15. The molecule has 0 fully saturated rings. The molecule has 0 bridgehead atoms. The zero-order valence-corrected chi connectivity index (χ0v) is 12.1. The van der Waals surface area contributed by atoms with E-state index >= 15 is 0 Å². The molecular weight excluding hydrogens is 238 g/mol. The van der Waals surface area contributed by atoms with Crippen molar-refractivity contribution in [1.82, 2.24) is 4.98 Å². The van der Waals surface area contributed by atoms with Gasteiger partial charge in [0.05, 0.1) is 0 Å². The molecule has 0 saturated heterocycles. The monoisotopic (exact) mass is 259 g/mol. The zero-order chi connectivity index (χ0) is 14.8.